The number of hydrogen-bond acceptors (Lipinski definition) is 5. The van der Waals surface area contributed by atoms with Crippen LogP contribution in [0.25, 0.3) is 11.1 Å². The van der Waals surface area contributed by atoms with Crippen LogP contribution in [0.2, 0.25) is 0 Å². The molecule has 178 valence electrons. The Bertz CT molecular complexity index is 1540. The fourth-order valence-electron chi connectivity index (χ4n) is 4.45. The molecule has 4 aromatic rings. The molecule has 4 aromatic carbocycles. The number of carbonyl (C=O) groups is 2. The monoisotopic (exact) mass is 477 g/mol. The number of hydrazone groups is 1. The van der Waals surface area contributed by atoms with Crippen LogP contribution in [0.3, 0.4) is 0 Å². The first-order chi connectivity index (χ1) is 17.3. The van der Waals surface area contributed by atoms with Crippen molar-refractivity contribution in [2.45, 2.75) is 13.8 Å². The number of carboxylic acid groups (broad SMARTS) is 1. The third-order valence-electron chi connectivity index (χ3n) is 6.01. The molecule has 36 heavy (non-hydrogen) atoms. The van der Waals surface area contributed by atoms with Crippen LogP contribution in [0.4, 0.5) is 17.1 Å². The minimum Gasteiger partial charge on any atom is -0.505 e. The molecule has 5 rings (SSSR count). The van der Waals surface area contributed by atoms with Gasteiger partial charge in [-0.2, -0.15) is 5.10 Å². The molecule has 1 heterocycles. The van der Waals surface area contributed by atoms with Gasteiger partial charge in [-0.05, 0) is 49.7 Å². The zero-order valence-corrected chi connectivity index (χ0v) is 19.7. The van der Waals surface area contributed by atoms with E-state index >= 15 is 0 Å². The minimum absolute atomic E-state index is 0.0246. The van der Waals surface area contributed by atoms with Crippen LogP contribution in [-0.4, -0.2) is 27.8 Å². The van der Waals surface area contributed by atoms with Gasteiger partial charge in [0.15, 0.2) is 5.71 Å². The molecule has 7 nitrogen and oxygen atoms in total. The molecule has 0 unspecified atom stereocenters. The standard InChI is InChI=1S/C29H23N3O4/c1-17-13-18(2)15-20(14-17)22-10-6-11-24(27(22)33)30-31-26-23-9-3-4-12-25(23)32(28(26)34)21-8-5-7-19(16-21)29(35)36/h3-16,30,33H,1-2H3,(H,35,36)/b31-26-. The number of aromatic carboxylic acids is 1. The number of fused-ring (bicyclic) bond motifs is 1. The van der Waals surface area contributed by atoms with Crippen molar-refractivity contribution >= 4 is 34.7 Å². The van der Waals surface area contributed by atoms with Gasteiger partial charge in [-0.25, -0.2) is 4.79 Å². The Labute approximate surface area is 208 Å². The summed E-state index contributed by atoms with van der Waals surface area (Å²) in [4.78, 5) is 26.4. The predicted octanol–water partition coefficient (Wildman–Crippen LogP) is 5.87. The summed E-state index contributed by atoms with van der Waals surface area (Å²) in [5.74, 6) is -1.46. The second kappa shape index (κ2) is 9.03. The number of rotatable bonds is 5. The summed E-state index contributed by atoms with van der Waals surface area (Å²) in [7, 11) is 0. The van der Waals surface area contributed by atoms with Crippen LogP contribution in [0.5, 0.6) is 5.75 Å². The molecule has 0 saturated carbocycles. The third kappa shape index (κ3) is 4.07. The SMILES string of the molecule is Cc1cc(C)cc(-c2cccc(N/N=C3\C(=O)N(c4cccc(C(=O)O)c4)c4ccccc43)c2O)c1. The number of amides is 1. The summed E-state index contributed by atoms with van der Waals surface area (Å²) >= 11 is 0. The molecule has 0 aliphatic carbocycles. The molecular weight excluding hydrogens is 454 g/mol. The number of nitrogens with zero attached hydrogens (tertiary/aromatic N) is 2. The predicted molar refractivity (Wildman–Crippen MR) is 140 cm³/mol. The molecule has 3 N–H and O–H groups in total. The Hall–Kier alpha value is -4.91. The van der Waals surface area contributed by atoms with Crippen molar-refractivity contribution in [2.24, 2.45) is 5.10 Å². The van der Waals surface area contributed by atoms with Crippen molar-refractivity contribution in [3.05, 3.63) is 107 Å². The molecule has 7 heteroatoms. The van der Waals surface area contributed by atoms with Crippen LogP contribution in [0.1, 0.15) is 27.0 Å². The van der Waals surface area contributed by atoms with Gasteiger partial charge in [0, 0.05) is 11.1 Å². The van der Waals surface area contributed by atoms with Crippen LogP contribution < -0.4 is 10.3 Å². The maximum Gasteiger partial charge on any atom is 0.335 e. The average molecular weight is 478 g/mol. The van der Waals surface area contributed by atoms with E-state index in [1.54, 1.807) is 42.5 Å². The summed E-state index contributed by atoms with van der Waals surface area (Å²) in [5.41, 5.74) is 8.78. The van der Waals surface area contributed by atoms with Crippen molar-refractivity contribution in [2.75, 3.05) is 10.3 Å². The Morgan fingerprint density at radius 1 is 0.861 bits per heavy atom. The van der Waals surface area contributed by atoms with E-state index < -0.39 is 11.9 Å². The van der Waals surface area contributed by atoms with E-state index in [0.717, 1.165) is 16.7 Å². The van der Waals surface area contributed by atoms with Crippen LogP contribution in [-0.2, 0) is 4.79 Å². The largest absolute Gasteiger partial charge is 0.505 e. The van der Waals surface area contributed by atoms with Crippen molar-refractivity contribution in [1.29, 1.82) is 0 Å². The lowest BCUT2D eigenvalue weighted by molar-refractivity contribution is -0.111. The number of hydrogen-bond donors (Lipinski definition) is 3. The molecule has 0 radical (unpaired) electrons. The quantitative estimate of drug-likeness (QED) is 0.246. The molecule has 0 bridgehead atoms. The van der Waals surface area contributed by atoms with E-state index in [-0.39, 0.29) is 17.0 Å². The molecule has 1 aliphatic rings. The Morgan fingerprint density at radius 3 is 2.31 bits per heavy atom. The molecule has 0 spiro atoms. The maximum atomic E-state index is 13.5. The van der Waals surface area contributed by atoms with Gasteiger partial charge in [0.1, 0.15) is 5.75 Å². The fourth-order valence-corrected chi connectivity index (χ4v) is 4.45. The summed E-state index contributed by atoms with van der Waals surface area (Å²) < 4.78 is 0. The molecule has 0 fully saturated rings. The van der Waals surface area contributed by atoms with Crippen LogP contribution in [0, 0.1) is 13.8 Å². The summed E-state index contributed by atoms with van der Waals surface area (Å²) in [6.07, 6.45) is 0. The normalized spacial score (nSPS) is 13.7. The number of carbonyl (C=O) groups excluding carboxylic acids is 1. The van der Waals surface area contributed by atoms with Gasteiger partial charge in [-0.3, -0.25) is 15.1 Å². The van der Waals surface area contributed by atoms with Crippen LogP contribution in [0.15, 0.2) is 90.0 Å². The molecule has 1 amide bonds. The first-order valence-electron chi connectivity index (χ1n) is 11.3. The van der Waals surface area contributed by atoms with E-state index in [1.165, 1.54) is 17.0 Å². The Balaban J connectivity index is 1.52. The number of phenolic OH excluding ortho intramolecular Hbond substituents is 1. The number of nitrogens with one attached hydrogen (secondary N) is 1. The molecule has 1 aliphatic heterocycles. The van der Waals surface area contributed by atoms with Gasteiger partial charge < -0.3 is 10.2 Å². The first kappa shape index (κ1) is 22.9. The number of aryl methyl sites for hydroxylation is 2. The second-order valence-corrected chi connectivity index (χ2v) is 8.66. The summed E-state index contributed by atoms with van der Waals surface area (Å²) in [6.45, 7) is 4.01. The summed E-state index contributed by atoms with van der Waals surface area (Å²) in [5, 5.41) is 24.7. The molecule has 0 aromatic heterocycles. The highest BCUT2D eigenvalue weighted by Crippen LogP contribution is 2.38. The smallest absolute Gasteiger partial charge is 0.335 e. The number of carboxylic acids is 1. The van der Waals surface area contributed by atoms with Crippen molar-refractivity contribution < 1.29 is 19.8 Å². The van der Waals surface area contributed by atoms with E-state index in [2.05, 4.69) is 16.6 Å². The zero-order chi connectivity index (χ0) is 25.4. The van der Waals surface area contributed by atoms with Crippen molar-refractivity contribution in [3.63, 3.8) is 0 Å². The van der Waals surface area contributed by atoms with Crippen LogP contribution >= 0.6 is 0 Å². The van der Waals surface area contributed by atoms with Gasteiger partial charge in [0.25, 0.3) is 5.91 Å². The third-order valence-corrected chi connectivity index (χ3v) is 6.01. The van der Waals surface area contributed by atoms with Gasteiger partial charge in [-0.1, -0.05) is 65.7 Å². The molecular formula is C29H23N3O4. The van der Waals surface area contributed by atoms with Gasteiger partial charge >= 0.3 is 5.97 Å². The second-order valence-electron chi connectivity index (χ2n) is 8.66. The lowest BCUT2D eigenvalue weighted by Gasteiger charge is -2.17. The van der Waals surface area contributed by atoms with Gasteiger partial charge in [-0.15, -0.1) is 0 Å². The van der Waals surface area contributed by atoms with Gasteiger partial charge in [0.2, 0.25) is 0 Å². The van der Waals surface area contributed by atoms with Crippen molar-refractivity contribution in [3.8, 4) is 16.9 Å². The number of para-hydroxylation sites is 2. The van der Waals surface area contributed by atoms with E-state index in [9.17, 15) is 19.8 Å². The number of benzene rings is 4. The maximum absolute atomic E-state index is 13.5. The Kier molecular flexibility index (Phi) is 5.74. The number of phenols is 1. The number of anilines is 3. The average Bonchev–Trinajstić information content (AvgIpc) is 3.14. The van der Waals surface area contributed by atoms with Crippen molar-refractivity contribution in [1.82, 2.24) is 0 Å². The highest BCUT2D eigenvalue weighted by atomic mass is 16.4. The topological polar surface area (TPSA) is 102 Å². The lowest BCUT2D eigenvalue weighted by atomic mass is 9.99. The minimum atomic E-state index is -1.08. The van der Waals surface area contributed by atoms with E-state index in [1.807, 2.05) is 38.1 Å². The first-order valence-corrected chi connectivity index (χ1v) is 11.3. The highest BCUT2D eigenvalue weighted by Gasteiger charge is 2.35. The lowest BCUT2D eigenvalue weighted by Crippen LogP contribution is -2.26. The zero-order valence-electron chi connectivity index (χ0n) is 19.7. The molecule has 0 saturated heterocycles. The summed E-state index contributed by atoms with van der Waals surface area (Å²) in [6, 6.07) is 24.7. The van der Waals surface area contributed by atoms with Gasteiger partial charge in [0.05, 0.1) is 22.6 Å². The highest BCUT2D eigenvalue weighted by molar-refractivity contribution is 6.55. The fraction of sp³-hybridized carbons (Fsp3) is 0.0690. The van der Waals surface area contributed by atoms with E-state index in [0.29, 0.717) is 28.2 Å². The van der Waals surface area contributed by atoms with E-state index in [4.69, 9.17) is 0 Å². The Morgan fingerprint density at radius 2 is 1.56 bits per heavy atom. The molecule has 0 atom stereocenters. The number of aromatic hydroxyl groups is 1.